The zero-order valence-corrected chi connectivity index (χ0v) is 14.1. The SMILES string of the molecule is O=C(OC1C=CCCC1)C1CC=CCC1C(=O)OC1C=CCCC1. The standard InChI is InChI=1S/C20H26O4/c21-19(23-15-9-3-1-4-10-15)17-13-7-8-14-18(17)20(22)24-16-11-5-2-6-12-16/h3,5,7-9,11,15-18H,1-2,4,6,10,12-14H2. The van der Waals surface area contributed by atoms with Crippen LogP contribution in [0.1, 0.15) is 51.4 Å². The summed E-state index contributed by atoms with van der Waals surface area (Å²) in [6, 6.07) is 0. The molecule has 0 bridgehead atoms. The Balaban J connectivity index is 1.60. The fourth-order valence-electron chi connectivity index (χ4n) is 3.57. The average molecular weight is 330 g/mol. The minimum absolute atomic E-state index is 0.143. The molecular formula is C20H26O4. The first kappa shape index (κ1) is 17.0. The lowest BCUT2D eigenvalue weighted by atomic mass is 9.83. The molecule has 0 N–H and O–H groups in total. The van der Waals surface area contributed by atoms with Crippen LogP contribution < -0.4 is 0 Å². The van der Waals surface area contributed by atoms with Crippen LogP contribution in [0.5, 0.6) is 0 Å². The molecule has 130 valence electrons. The summed E-state index contributed by atoms with van der Waals surface area (Å²) in [4.78, 5) is 25.1. The number of esters is 2. The molecule has 4 heteroatoms. The predicted molar refractivity (Wildman–Crippen MR) is 91.1 cm³/mol. The minimum Gasteiger partial charge on any atom is -0.458 e. The van der Waals surface area contributed by atoms with E-state index in [2.05, 4.69) is 12.2 Å². The van der Waals surface area contributed by atoms with E-state index in [0.717, 1.165) is 38.5 Å². The average Bonchev–Trinajstić information content (AvgIpc) is 2.63. The zero-order valence-electron chi connectivity index (χ0n) is 14.1. The Labute approximate surface area is 143 Å². The van der Waals surface area contributed by atoms with Gasteiger partial charge in [-0.05, 0) is 63.5 Å². The van der Waals surface area contributed by atoms with Gasteiger partial charge in [0.25, 0.3) is 0 Å². The first-order valence-corrected chi connectivity index (χ1v) is 9.13. The van der Waals surface area contributed by atoms with Crippen LogP contribution in [-0.4, -0.2) is 24.1 Å². The minimum atomic E-state index is -0.426. The van der Waals surface area contributed by atoms with Gasteiger partial charge in [0.2, 0.25) is 0 Å². The highest BCUT2D eigenvalue weighted by atomic mass is 16.6. The number of allylic oxidation sites excluding steroid dienone is 4. The highest BCUT2D eigenvalue weighted by Crippen LogP contribution is 2.30. The van der Waals surface area contributed by atoms with E-state index in [1.54, 1.807) is 0 Å². The third-order valence-corrected chi connectivity index (χ3v) is 4.99. The van der Waals surface area contributed by atoms with Crippen molar-refractivity contribution in [1.82, 2.24) is 0 Å². The van der Waals surface area contributed by atoms with Gasteiger partial charge in [0, 0.05) is 0 Å². The first-order chi connectivity index (χ1) is 11.7. The molecule has 4 unspecified atom stereocenters. The van der Waals surface area contributed by atoms with Crippen molar-refractivity contribution in [3.8, 4) is 0 Å². The largest absolute Gasteiger partial charge is 0.458 e. The molecule has 0 spiro atoms. The quantitative estimate of drug-likeness (QED) is 0.580. The van der Waals surface area contributed by atoms with Gasteiger partial charge in [-0.1, -0.05) is 24.3 Å². The molecule has 4 nitrogen and oxygen atoms in total. The van der Waals surface area contributed by atoms with Gasteiger partial charge in [-0.2, -0.15) is 0 Å². The maximum atomic E-state index is 12.6. The van der Waals surface area contributed by atoms with Crippen molar-refractivity contribution in [2.24, 2.45) is 11.8 Å². The van der Waals surface area contributed by atoms with Crippen molar-refractivity contribution in [3.63, 3.8) is 0 Å². The van der Waals surface area contributed by atoms with Crippen LogP contribution in [-0.2, 0) is 19.1 Å². The molecule has 0 saturated carbocycles. The smallest absolute Gasteiger partial charge is 0.310 e. The molecule has 3 aliphatic carbocycles. The molecule has 4 atom stereocenters. The third kappa shape index (κ3) is 4.37. The predicted octanol–water partition coefficient (Wildman–Crippen LogP) is 3.87. The molecule has 3 rings (SSSR count). The van der Waals surface area contributed by atoms with Gasteiger partial charge in [-0.25, -0.2) is 0 Å². The molecule has 0 aromatic rings. The van der Waals surface area contributed by atoms with E-state index in [4.69, 9.17) is 9.47 Å². The lowest BCUT2D eigenvalue weighted by molar-refractivity contribution is -0.165. The molecule has 0 saturated heterocycles. The summed E-state index contributed by atoms with van der Waals surface area (Å²) in [5.41, 5.74) is 0. The normalized spacial score (nSPS) is 32.3. The highest BCUT2D eigenvalue weighted by molar-refractivity contribution is 5.83. The first-order valence-electron chi connectivity index (χ1n) is 9.13. The number of hydrogen-bond donors (Lipinski definition) is 0. The Bertz CT molecular complexity index is 498. The van der Waals surface area contributed by atoms with Gasteiger partial charge < -0.3 is 9.47 Å². The van der Waals surface area contributed by atoms with Crippen molar-refractivity contribution >= 4 is 11.9 Å². The fraction of sp³-hybridized carbons (Fsp3) is 0.600. The fourth-order valence-corrected chi connectivity index (χ4v) is 3.57. The Morgan fingerprint density at radius 2 is 1.17 bits per heavy atom. The van der Waals surface area contributed by atoms with Crippen LogP contribution in [0, 0.1) is 11.8 Å². The van der Waals surface area contributed by atoms with E-state index in [-0.39, 0.29) is 24.1 Å². The maximum absolute atomic E-state index is 12.6. The summed E-state index contributed by atoms with van der Waals surface area (Å²) < 4.78 is 11.2. The zero-order chi connectivity index (χ0) is 16.8. The van der Waals surface area contributed by atoms with Crippen LogP contribution >= 0.6 is 0 Å². The molecule has 0 aromatic carbocycles. The maximum Gasteiger partial charge on any atom is 0.310 e. The summed E-state index contributed by atoms with van der Waals surface area (Å²) in [6.45, 7) is 0. The van der Waals surface area contributed by atoms with Crippen LogP contribution in [0.15, 0.2) is 36.5 Å². The van der Waals surface area contributed by atoms with E-state index in [1.165, 1.54) is 0 Å². The van der Waals surface area contributed by atoms with Crippen molar-refractivity contribution in [3.05, 3.63) is 36.5 Å². The van der Waals surface area contributed by atoms with E-state index >= 15 is 0 Å². The van der Waals surface area contributed by atoms with Crippen molar-refractivity contribution in [2.75, 3.05) is 0 Å². The van der Waals surface area contributed by atoms with Gasteiger partial charge in [-0.3, -0.25) is 9.59 Å². The van der Waals surface area contributed by atoms with E-state index in [0.29, 0.717) is 12.8 Å². The molecular weight excluding hydrogens is 304 g/mol. The second-order valence-electron chi connectivity index (χ2n) is 6.82. The van der Waals surface area contributed by atoms with Crippen LogP contribution in [0.3, 0.4) is 0 Å². The number of carbonyl (C=O) groups excluding carboxylic acids is 2. The number of rotatable bonds is 4. The second kappa shape index (κ2) is 8.32. The second-order valence-corrected chi connectivity index (χ2v) is 6.82. The van der Waals surface area contributed by atoms with E-state index < -0.39 is 11.8 Å². The third-order valence-electron chi connectivity index (χ3n) is 4.99. The summed E-state index contributed by atoms with van der Waals surface area (Å²) in [5, 5.41) is 0. The molecule has 0 amide bonds. The van der Waals surface area contributed by atoms with Gasteiger partial charge in [-0.15, -0.1) is 0 Å². The lowest BCUT2D eigenvalue weighted by Crippen LogP contribution is -2.36. The van der Waals surface area contributed by atoms with Crippen LogP contribution in [0.2, 0.25) is 0 Å². The summed E-state index contributed by atoms with van der Waals surface area (Å²) in [5.74, 6) is -1.38. The summed E-state index contributed by atoms with van der Waals surface area (Å²) >= 11 is 0. The van der Waals surface area contributed by atoms with Crippen molar-refractivity contribution in [2.45, 2.75) is 63.6 Å². The Morgan fingerprint density at radius 3 is 1.54 bits per heavy atom. The highest BCUT2D eigenvalue weighted by Gasteiger charge is 2.37. The Morgan fingerprint density at radius 1 is 0.708 bits per heavy atom. The molecule has 0 radical (unpaired) electrons. The monoisotopic (exact) mass is 330 g/mol. The van der Waals surface area contributed by atoms with Crippen molar-refractivity contribution < 1.29 is 19.1 Å². The molecule has 0 fully saturated rings. The number of ether oxygens (including phenoxy) is 2. The molecule has 0 aromatic heterocycles. The lowest BCUT2D eigenvalue weighted by Gasteiger charge is -2.29. The Kier molecular flexibility index (Phi) is 5.89. The number of carbonyl (C=O) groups is 2. The van der Waals surface area contributed by atoms with E-state index in [9.17, 15) is 9.59 Å². The van der Waals surface area contributed by atoms with E-state index in [1.807, 2.05) is 24.3 Å². The summed E-state index contributed by atoms with van der Waals surface area (Å²) in [7, 11) is 0. The molecule has 3 aliphatic rings. The van der Waals surface area contributed by atoms with Gasteiger partial charge in [0.1, 0.15) is 12.2 Å². The van der Waals surface area contributed by atoms with Crippen LogP contribution in [0.25, 0.3) is 0 Å². The van der Waals surface area contributed by atoms with Crippen molar-refractivity contribution in [1.29, 1.82) is 0 Å². The molecule has 0 aliphatic heterocycles. The number of hydrogen-bond acceptors (Lipinski definition) is 4. The van der Waals surface area contributed by atoms with Gasteiger partial charge >= 0.3 is 11.9 Å². The Hall–Kier alpha value is -1.84. The van der Waals surface area contributed by atoms with Gasteiger partial charge in [0.05, 0.1) is 11.8 Å². The van der Waals surface area contributed by atoms with Crippen LogP contribution in [0.4, 0.5) is 0 Å². The topological polar surface area (TPSA) is 52.6 Å². The summed E-state index contributed by atoms with van der Waals surface area (Å²) in [6.07, 6.45) is 18.7. The van der Waals surface area contributed by atoms with Gasteiger partial charge in [0.15, 0.2) is 0 Å². The molecule has 0 heterocycles. The molecule has 24 heavy (non-hydrogen) atoms.